The Bertz CT molecular complexity index is 368. The minimum Gasteiger partial charge on any atom is -0.332 e. The fraction of sp³-hybridized carbons (Fsp3) is 0.800. The number of hydrogen-bond acceptors (Lipinski definition) is 2. The summed E-state index contributed by atoms with van der Waals surface area (Å²) in [5.74, 6) is 0. The van der Waals surface area contributed by atoms with Crippen molar-refractivity contribution in [3.8, 4) is 0 Å². The van der Waals surface area contributed by atoms with E-state index in [2.05, 4.69) is 42.0 Å². The van der Waals surface area contributed by atoms with Gasteiger partial charge in [-0.05, 0) is 52.0 Å². The third-order valence-corrected chi connectivity index (χ3v) is 3.89. The minimum absolute atomic E-state index is 0.591. The van der Waals surface area contributed by atoms with Crippen LogP contribution in [0.15, 0.2) is 6.33 Å². The van der Waals surface area contributed by atoms with Crippen LogP contribution in [0.5, 0.6) is 0 Å². The lowest BCUT2D eigenvalue weighted by molar-refractivity contribution is 0.449. The van der Waals surface area contributed by atoms with E-state index < -0.39 is 0 Å². The number of fused-ring (bicyclic) bond motifs is 1. The zero-order valence-corrected chi connectivity index (χ0v) is 12.1. The molecule has 0 fully saturated rings. The molecule has 0 spiro atoms. The molecule has 0 aromatic carbocycles. The molecule has 102 valence electrons. The Kier molecular flexibility index (Phi) is 4.81. The van der Waals surface area contributed by atoms with Crippen molar-refractivity contribution in [3.63, 3.8) is 0 Å². The molecular formula is C15H27N3. The first-order chi connectivity index (χ1) is 8.68. The zero-order chi connectivity index (χ0) is 13.0. The van der Waals surface area contributed by atoms with E-state index in [0.717, 1.165) is 6.54 Å². The maximum Gasteiger partial charge on any atom is 0.0954 e. The molecule has 1 heterocycles. The van der Waals surface area contributed by atoms with Gasteiger partial charge in [-0.1, -0.05) is 13.8 Å². The Labute approximate surface area is 111 Å². The van der Waals surface area contributed by atoms with E-state index in [0.29, 0.717) is 12.1 Å². The standard InChI is InChI=1S/C15H27N3/c1-12(2)16-10-6-7-13(3)18-11-17-14-8-4-5-9-15(14)18/h11-13,16H,4-10H2,1-3H3. The number of aromatic nitrogens is 2. The Hall–Kier alpha value is -0.830. The van der Waals surface area contributed by atoms with Gasteiger partial charge in [0.15, 0.2) is 0 Å². The van der Waals surface area contributed by atoms with Gasteiger partial charge < -0.3 is 9.88 Å². The van der Waals surface area contributed by atoms with Crippen LogP contribution >= 0.6 is 0 Å². The fourth-order valence-electron chi connectivity index (χ4n) is 2.80. The molecule has 3 nitrogen and oxygen atoms in total. The predicted molar refractivity (Wildman–Crippen MR) is 76.0 cm³/mol. The lowest BCUT2D eigenvalue weighted by Gasteiger charge is -2.20. The summed E-state index contributed by atoms with van der Waals surface area (Å²) in [5, 5.41) is 3.48. The molecule has 1 aliphatic carbocycles. The maximum atomic E-state index is 4.58. The van der Waals surface area contributed by atoms with Crippen LogP contribution in [0.25, 0.3) is 0 Å². The molecule has 1 unspecified atom stereocenters. The molecule has 3 heteroatoms. The summed E-state index contributed by atoms with van der Waals surface area (Å²) in [4.78, 5) is 4.58. The van der Waals surface area contributed by atoms with Crippen LogP contribution < -0.4 is 5.32 Å². The Balaban J connectivity index is 1.85. The second kappa shape index (κ2) is 6.37. The normalized spacial score (nSPS) is 16.9. The van der Waals surface area contributed by atoms with Crippen molar-refractivity contribution in [2.75, 3.05) is 6.54 Å². The number of rotatable bonds is 6. The Morgan fingerprint density at radius 3 is 2.83 bits per heavy atom. The highest BCUT2D eigenvalue weighted by molar-refractivity contribution is 5.17. The molecule has 1 aromatic rings. The number of nitrogens with one attached hydrogen (secondary N) is 1. The average molecular weight is 249 g/mol. The molecule has 0 saturated carbocycles. The highest BCUT2D eigenvalue weighted by Crippen LogP contribution is 2.24. The van der Waals surface area contributed by atoms with Gasteiger partial charge >= 0.3 is 0 Å². The Morgan fingerprint density at radius 2 is 2.06 bits per heavy atom. The topological polar surface area (TPSA) is 29.9 Å². The van der Waals surface area contributed by atoms with Crippen molar-refractivity contribution in [2.45, 2.75) is 71.4 Å². The molecule has 1 aliphatic rings. The lowest BCUT2D eigenvalue weighted by atomic mass is 10.0. The molecule has 1 aromatic heterocycles. The van der Waals surface area contributed by atoms with Crippen LogP contribution in [0.2, 0.25) is 0 Å². The molecule has 0 bridgehead atoms. The molecule has 2 rings (SSSR count). The molecule has 1 N–H and O–H groups in total. The van der Waals surface area contributed by atoms with Crippen LogP contribution in [0.3, 0.4) is 0 Å². The Morgan fingerprint density at radius 1 is 1.28 bits per heavy atom. The molecule has 0 saturated heterocycles. The van der Waals surface area contributed by atoms with Crippen molar-refractivity contribution in [2.24, 2.45) is 0 Å². The smallest absolute Gasteiger partial charge is 0.0954 e. The van der Waals surface area contributed by atoms with Gasteiger partial charge in [-0.2, -0.15) is 0 Å². The SMILES string of the molecule is CC(C)NCCCC(C)n1cnc2c1CCCC2. The highest BCUT2D eigenvalue weighted by Gasteiger charge is 2.17. The van der Waals surface area contributed by atoms with Gasteiger partial charge in [-0.15, -0.1) is 0 Å². The van der Waals surface area contributed by atoms with Crippen LogP contribution in [0.4, 0.5) is 0 Å². The average Bonchev–Trinajstić information content (AvgIpc) is 2.78. The molecular weight excluding hydrogens is 222 g/mol. The van der Waals surface area contributed by atoms with E-state index in [4.69, 9.17) is 0 Å². The molecule has 18 heavy (non-hydrogen) atoms. The van der Waals surface area contributed by atoms with Gasteiger partial charge in [-0.25, -0.2) is 4.98 Å². The minimum atomic E-state index is 0.591. The summed E-state index contributed by atoms with van der Waals surface area (Å²) in [7, 11) is 0. The highest BCUT2D eigenvalue weighted by atomic mass is 15.1. The third-order valence-electron chi connectivity index (χ3n) is 3.89. The van der Waals surface area contributed by atoms with Crippen molar-refractivity contribution in [1.29, 1.82) is 0 Å². The first-order valence-electron chi connectivity index (χ1n) is 7.46. The first-order valence-corrected chi connectivity index (χ1v) is 7.46. The second-order valence-corrected chi connectivity index (χ2v) is 5.85. The summed E-state index contributed by atoms with van der Waals surface area (Å²) in [6.45, 7) is 7.86. The van der Waals surface area contributed by atoms with E-state index >= 15 is 0 Å². The van der Waals surface area contributed by atoms with E-state index in [9.17, 15) is 0 Å². The molecule has 0 aliphatic heterocycles. The lowest BCUT2D eigenvalue weighted by Crippen LogP contribution is -2.24. The van der Waals surface area contributed by atoms with Gasteiger partial charge in [0.25, 0.3) is 0 Å². The van der Waals surface area contributed by atoms with E-state index in [1.165, 1.54) is 49.9 Å². The number of aryl methyl sites for hydroxylation is 1. The van der Waals surface area contributed by atoms with Crippen molar-refractivity contribution < 1.29 is 0 Å². The van der Waals surface area contributed by atoms with Gasteiger partial charge in [0.2, 0.25) is 0 Å². The summed E-state index contributed by atoms with van der Waals surface area (Å²) in [5.41, 5.74) is 2.86. The van der Waals surface area contributed by atoms with Gasteiger partial charge in [-0.3, -0.25) is 0 Å². The van der Waals surface area contributed by atoms with Gasteiger partial charge in [0.05, 0.1) is 12.0 Å². The summed E-state index contributed by atoms with van der Waals surface area (Å²) < 4.78 is 2.42. The van der Waals surface area contributed by atoms with E-state index in [1.54, 1.807) is 0 Å². The second-order valence-electron chi connectivity index (χ2n) is 5.85. The summed E-state index contributed by atoms with van der Waals surface area (Å²) >= 11 is 0. The number of imidazole rings is 1. The van der Waals surface area contributed by atoms with Crippen molar-refractivity contribution in [1.82, 2.24) is 14.9 Å². The fourth-order valence-corrected chi connectivity index (χ4v) is 2.80. The third kappa shape index (κ3) is 3.35. The van der Waals surface area contributed by atoms with Crippen LogP contribution in [-0.2, 0) is 12.8 Å². The first kappa shape index (κ1) is 13.6. The van der Waals surface area contributed by atoms with E-state index in [-0.39, 0.29) is 0 Å². The van der Waals surface area contributed by atoms with E-state index in [1.807, 2.05) is 0 Å². The van der Waals surface area contributed by atoms with Crippen LogP contribution in [0, 0.1) is 0 Å². The number of hydrogen-bond donors (Lipinski definition) is 1. The largest absolute Gasteiger partial charge is 0.332 e. The summed E-state index contributed by atoms with van der Waals surface area (Å²) in [6, 6.07) is 1.19. The van der Waals surface area contributed by atoms with Crippen molar-refractivity contribution >= 4 is 0 Å². The predicted octanol–water partition coefficient (Wildman–Crippen LogP) is 3.10. The van der Waals surface area contributed by atoms with Gasteiger partial charge in [0, 0.05) is 17.8 Å². The monoisotopic (exact) mass is 249 g/mol. The van der Waals surface area contributed by atoms with Crippen LogP contribution in [0.1, 0.15) is 63.9 Å². The summed E-state index contributed by atoms with van der Waals surface area (Å²) in [6.07, 6.45) is 9.61. The molecule has 1 atom stereocenters. The quantitative estimate of drug-likeness (QED) is 0.785. The molecule has 0 amide bonds. The molecule has 0 radical (unpaired) electrons. The van der Waals surface area contributed by atoms with Crippen molar-refractivity contribution in [3.05, 3.63) is 17.7 Å². The van der Waals surface area contributed by atoms with Crippen LogP contribution in [-0.4, -0.2) is 22.1 Å². The number of nitrogens with zero attached hydrogens (tertiary/aromatic N) is 2. The maximum absolute atomic E-state index is 4.58. The van der Waals surface area contributed by atoms with Gasteiger partial charge in [0.1, 0.15) is 0 Å². The zero-order valence-electron chi connectivity index (χ0n) is 12.1.